The molecule has 1 unspecified atom stereocenters. The van der Waals surface area contributed by atoms with Gasteiger partial charge in [0.25, 0.3) is 0 Å². The Morgan fingerprint density at radius 1 is 1.33 bits per heavy atom. The lowest BCUT2D eigenvalue weighted by Gasteiger charge is -2.33. The Morgan fingerprint density at radius 3 is 2.25 bits per heavy atom. The second-order valence-electron chi connectivity index (χ2n) is 4.83. The predicted molar refractivity (Wildman–Crippen MR) is 52.0 cm³/mol. The molecular formula is C11H22O. The molecule has 0 heterocycles. The first-order valence-electron chi connectivity index (χ1n) is 5.26. The zero-order valence-corrected chi connectivity index (χ0v) is 8.64. The van der Waals surface area contributed by atoms with Gasteiger partial charge in [0.15, 0.2) is 0 Å². The molecule has 1 nitrogen and oxygen atoms in total. The molecule has 1 atom stereocenters. The maximum atomic E-state index is 10.1. The smallest absolute Gasteiger partial charge is 0.0619 e. The zero-order valence-electron chi connectivity index (χ0n) is 8.64. The van der Waals surface area contributed by atoms with Crippen LogP contribution in [0.1, 0.15) is 52.9 Å². The molecular weight excluding hydrogens is 148 g/mol. The van der Waals surface area contributed by atoms with E-state index in [0.29, 0.717) is 5.92 Å². The first-order chi connectivity index (χ1) is 5.58. The Labute approximate surface area is 76.2 Å². The number of rotatable bonds is 3. The van der Waals surface area contributed by atoms with Crippen LogP contribution in [-0.2, 0) is 0 Å². The average molecular weight is 170 g/mol. The Hall–Kier alpha value is -0.0400. The van der Waals surface area contributed by atoms with E-state index >= 15 is 0 Å². The van der Waals surface area contributed by atoms with Crippen molar-refractivity contribution in [2.45, 2.75) is 59.0 Å². The van der Waals surface area contributed by atoms with E-state index in [1.165, 1.54) is 25.7 Å². The van der Waals surface area contributed by atoms with E-state index in [9.17, 15) is 5.11 Å². The summed E-state index contributed by atoms with van der Waals surface area (Å²) in [4.78, 5) is 0. The quantitative estimate of drug-likeness (QED) is 0.690. The van der Waals surface area contributed by atoms with E-state index in [-0.39, 0.29) is 11.5 Å². The molecule has 0 amide bonds. The highest BCUT2D eigenvalue weighted by Gasteiger charge is 2.33. The molecule has 0 spiro atoms. The van der Waals surface area contributed by atoms with Crippen LogP contribution in [-0.4, -0.2) is 11.2 Å². The van der Waals surface area contributed by atoms with Crippen molar-refractivity contribution < 1.29 is 5.11 Å². The Kier molecular flexibility index (Phi) is 3.16. The molecule has 1 N–H and O–H groups in total. The van der Waals surface area contributed by atoms with Gasteiger partial charge >= 0.3 is 0 Å². The predicted octanol–water partition coefficient (Wildman–Crippen LogP) is 2.97. The van der Waals surface area contributed by atoms with Crippen LogP contribution < -0.4 is 0 Å². The SMILES string of the molecule is CCC(C)(C)C(O)C1CCCC1. The molecule has 0 aromatic heterocycles. The first-order valence-corrected chi connectivity index (χ1v) is 5.26. The van der Waals surface area contributed by atoms with Gasteiger partial charge in [0.2, 0.25) is 0 Å². The fraction of sp³-hybridized carbons (Fsp3) is 1.00. The molecule has 0 aliphatic heterocycles. The van der Waals surface area contributed by atoms with E-state index in [2.05, 4.69) is 20.8 Å². The molecule has 1 aliphatic carbocycles. The highest BCUT2D eigenvalue weighted by atomic mass is 16.3. The summed E-state index contributed by atoms with van der Waals surface area (Å²) in [5.41, 5.74) is 0.120. The van der Waals surface area contributed by atoms with Gasteiger partial charge in [-0.15, -0.1) is 0 Å². The van der Waals surface area contributed by atoms with Crippen LogP contribution >= 0.6 is 0 Å². The summed E-state index contributed by atoms with van der Waals surface area (Å²) in [5, 5.41) is 10.1. The molecule has 0 aromatic carbocycles. The third-order valence-corrected chi connectivity index (χ3v) is 3.56. The van der Waals surface area contributed by atoms with Crippen LogP contribution in [0.15, 0.2) is 0 Å². The van der Waals surface area contributed by atoms with Crippen LogP contribution in [0.25, 0.3) is 0 Å². The molecule has 0 saturated heterocycles. The van der Waals surface area contributed by atoms with Crippen molar-refractivity contribution in [2.24, 2.45) is 11.3 Å². The molecule has 1 rings (SSSR count). The second kappa shape index (κ2) is 3.78. The summed E-state index contributed by atoms with van der Waals surface area (Å²) < 4.78 is 0. The zero-order chi connectivity index (χ0) is 9.19. The van der Waals surface area contributed by atoms with E-state index in [1.807, 2.05) is 0 Å². The highest BCUT2D eigenvalue weighted by Crippen LogP contribution is 2.37. The lowest BCUT2D eigenvalue weighted by Crippen LogP contribution is -2.34. The molecule has 72 valence electrons. The van der Waals surface area contributed by atoms with Gasteiger partial charge in [-0.3, -0.25) is 0 Å². The van der Waals surface area contributed by atoms with Crippen molar-refractivity contribution in [3.8, 4) is 0 Å². The average Bonchev–Trinajstić information content (AvgIpc) is 2.55. The topological polar surface area (TPSA) is 20.2 Å². The lowest BCUT2D eigenvalue weighted by molar-refractivity contribution is 0.00119. The molecule has 1 fully saturated rings. The van der Waals surface area contributed by atoms with Crippen molar-refractivity contribution in [1.29, 1.82) is 0 Å². The van der Waals surface area contributed by atoms with Crippen molar-refractivity contribution in [3.05, 3.63) is 0 Å². The number of hydrogen-bond donors (Lipinski definition) is 1. The van der Waals surface area contributed by atoms with E-state index in [0.717, 1.165) is 6.42 Å². The van der Waals surface area contributed by atoms with Crippen molar-refractivity contribution in [1.82, 2.24) is 0 Å². The normalized spacial score (nSPS) is 23.0. The minimum Gasteiger partial charge on any atom is -0.392 e. The third kappa shape index (κ3) is 2.01. The molecule has 0 bridgehead atoms. The Balaban J connectivity index is 2.50. The van der Waals surface area contributed by atoms with E-state index < -0.39 is 0 Å². The minimum atomic E-state index is -0.0787. The van der Waals surface area contributed by atoms with E-state index in [1.54, 1.807) is 0 Å². The van der Waals surface area contributed by atoms with Crippen LogP contribution in [0, 0.1) is 11.3 Å². The van der Waals surface area contributed by atoms with Crippen LogP contribution in [0.2, 0.25) is 0 Å². The third-order valence-electron chi connectivity index (χ3n) is 3.56. The van der Waals surface area contributed by atoms with Gasteiger partial charge in [-0.05, 0) is 30.6 Å². The standard InChI is InChI=1S/C11H22O/c1-4-11(2,3)10(12)9-7-5-6-8-9/h9-10,12H,4-8H2,1-3H3. The lowest BCUT2D eigenvalue weighted by atomic mass is 9.77. The minimum absolute atomic E-state index is 0.0787. The summed E-state index contributed by atoms with van der Waals surface area (Å²) in [6, 6.07) is 0. The van der Waals surface area contributed by atoms with Crippen molar-refractivity contribution in [2.75, 3.05) is 0 Å². The van der Waals surface area contributed by atoms with Crippen LogP contribution in [0.4, 0.5) is 0 Å². The molecule has 1 aliphatic rings. The fourth-order valence-corrected chi connectivity index (χ4v) is 2.12. The second-order valence-corrected chi connectivity index (χ2v) is 4.83. The van der Waals surface area contributed by atoms with E-state index in [4.69, 9.17) is 0 Å². The van der Waals surface area contributed by atoms with Gasteiger partial charge in [0.1, 0.15) is 0 Å². The summed E-state index contributed by atoms with van der Waals surface area (Å²) in [6.45, 7) is 6.52. The fourth-order valence-electron chi connectivity index (χ4n) is 2.12. The Bertz CT molecular complexity index is 134. The van der Waals surface area contributed by atoms with Crippen LogP contribution in [0.3, 0.4) is 0 Å². The van der Waals surface area contributed by atoms with Crippen LogP contribution in [0.5, 0.6) is 0 Å². The number of aliphatic hydroxyl groups excluding tert-OH is 1. The van der Waals surface area contributed by atoms with Gasteiger partial charge in [-0.2, -0.15) is 0 Å². The van der Waals surface area contributed by atoms with Gasteiger partial charge < -0.3 is 5.11 Å². The Morgan fingerprint density at radius 2 is 1.83 bits per heavy atom. The van der Waals surface area contributed by atoms with Crippen molar-refractivity contribution >= 4 is 0 Å². The molecule has 1 saturated carbocycles. The maximum Gasteiger partial charge on any atom is 0.0619 e. The van der Waals surface area contributed by atoms with Gasteiger partial charge in [0, 0.05) is 0 Å². The number of hydrogen-bond acceptors (Lipinski definition) is 1. The molecule has 12 heavy (non-hydrogen) atoms. The van der Waals surface area contributed by atoms with Gasteiger partial charge in [-0.1, -0.05) is 33.6 Å². The first kappa shape index (κ1) is 10.0. The molecule has 1 heteroatoms. The summed E-state index contributed by atoms with van der Waals surface area (Å²) in [5.74, 6) is 0.583. The largest absolute Gasteiger partial charge is 0.392 e. The highest BCUT2D eigenvalue weighted by molar-refractivity contribution is 4.84. The molecule has 0 radical (unpaired) electrons. The number of aliphatic hydroxyl groups is 1. The summed E-state index contributed by atoms with van der Waals surface area (Å²) >= 11 is 0. The monoisotopic (exact) mass is 170 g/mol. The summed E-state index contributed by atoms with van der Waals surface area (Å²) in [7, 11) is 0. The molecule has 0 aromatic rings. The van der Waals surface area contributed by atoms with Gasteiger partial charge in [0.05, 0.1) is 6.10 Å². The maximum absolute atomic E-state index is 10.1. The summed E-state index contributed by atoms with van der Waals surface area (Å²) in [6.07, 6.45) is 6.12. The van der Waals surface area contributed by atoms with Crippen molar-refractivity contribution in [3.63, 3.8) is 0 Å². The van der Waals surface area contributed by atoms with Gasteiger partial charge in [-0.25, -0.2) is 0 Å².